The second-order valence-electron chi connectivity index (χ2n) is 1.61. The highest BCUT2D eigenvalue weighted by molar-refractivity contribution is 4.25. The molecular weight excluding hydrogens is 107 g/mol. The van der Waals surface area contributed by atoms with Crippen molar-refractivity contribution in [3.63, 3.8) is 0 Å². The van der Waals surface area contributed by atoms with Gasteiger partial charge in [-0.3, -0.25) is 4.70 Å². The van der Waals surface area contributed by atoms with E-state index in [1.165, 1.54) is 0 Å². The minimum atomic E-state index is 0. The van der Waals surface area contributed by atoms with E-state index in [0.717, 1.165) is 26.1 Å². The highest BCUT2D eigenvalue weighted by atomic mass is 19.0. The molecule has 0 radical (unpaired) electrons. The standard InChI is InChI=1S/C6H14O.FH/c1-3-5-7-6-4-2;/h3-6H2,1-2H3;1H. The van der Waals surface area contributed by atoms with Crippen molar-refractivity contribution in [2.45, 2.75) is 26.7 Å². The third kappa shape index (κ3) is 9.31. The van der Waals surface area contributed by atoms with Gasteiger partial charge in [0, 0.05) is 13.2 Å². The van der Waals surface area contributed by atoms with Crippen LogP contribution < -0.4 is 0 Å². The van der Waals surface area contributed by atoms with Gasteiger partial charge < -0.3 is 4.74 Å². The van der Waals surface area contributed by atoms with Gasteiger partial charge in [-0.05, 0) is 12.8 Å². The summed E-state index contributed by atoms with van der Waals surface area (Å²) >= 11 is 0. The van der Waals surface area contributed by atoms with E-state index in [-0.39, 0.29) is 4.70 Å². The molecule has 52 valence electrons. The third-order valence-corrected chi connectivity index (χ3v) is 0.697. The lowest BCUT2D eigenvalue weighted by molar-refractivity contribution is 0.135. The monoisotopic (exact) mass is 122 g/mol. The number of ether oxygens (including phenoxy) is 1. The largest absolute Gasteiger partial charge is 0.381 e. The number of halogens is 1. The van der Waals surface area contributed by atoms with E-state index in [2.05, 4.69) is 13.8 Å². The predicted octanol–water partition coefficient (Wildman–Crippen LogP) is 1.98. The first-order chi connectivity index (χ1) is 3.41. The average molecular weight is 122 g/mol. The van der Waals surface area contributed by atoms with Crippen LogP contribution in [0.25, 0.3) is 0 Å². The highest BCUT2D eigenvalue weighted by Gasteiger charge is 1.77. The SMILES string of the molecule is CCCOCCC.F. The normalized spacial score (nSPS) is 8.25. The van der Waals surface area contributed by atoms with Crippen LogP contribution in [0.4, 0.5) is 4.70 Å². The van der Waals surface area contributed by atoms with Gasteiger partial charge in [-0.2, -0.15) is 0 Å². The summed E-state index contributed by atoms with van der Waals surface area (Å²) in [5.74, 6) is 0. The molecule has 0 bridgehead atoms. The lowest BCUT2D eigenvalue weighted by Crippen LogP contribution is -1.92. The van der Waals surface area contributed by atoms with Gasteiger partial charge in [0.05, 0.1) is 0 Å². The average Bonchev–Trinajstić information content (AvgIpc) is 1.69. The summed E-state index contributed by atoms with van der Waals surface area (Å²) in [4.78, 5) is 0. The van der Waals surface area contributed by atoms with Crippen LogP contribution in [-0.4, -0.2) is 13.2 Å². The maximum Gasteiger partial charge on any atom is 0.0463 e. The molecule has 0 aliphatic rings. The summed E-state index contributed by atoms with van der Waals surface area (Å²) in [6.45, 7) is 6.09. The molecule has 0 rings (SSSR count). The minimum Gasteiger partial charge on any atom is -0.381 e. The molecule has 0 aromatic rings. The Bertz CT molecular complexity index is 27.7. The molecule has 0 amide bonds. The number of hydrogen-bond acceptors (Lipinski definition) is 1. The molecule has 0 unspecified atom stereocenters. The molecule has 8 heavy (non-hydrogen) atoms. The first kappa shape index (κ1) is 10.8. The summed E-state index contributed by atoms with van der Waals surface area (Å²) < 4.78 is 5.13. The van der Waals surface area contributed by atoms with Crippen LogP contribution in [-0.2, 0) is 4.74 Å². The second-order valence-corrected chi connectivity index (χ2v) is 1.61. The topological polar surface area (TPSA) is 9.23 Å². The van der Waals surface area contributed by atoms with Gasteiger partial charge in [-0.1, -0.05) is 13.8 Å². The Balaban J connectivity index is 0. The summed E-state index contributed by atoms with van der Waals surface area (Å²) in [6.07, 6.45) is 2.28. The van der Waals surface area contributed by atoms with Gasteiger partial charge in [0.25, 0.3) is 0 Å². The van der Waals surface area contributed by atoms with Crippen LogP contribution in [0.3, 0.4) is 0 Å². The van der Waals surface area contributed by atoms with Gasteiger partial charge in [0.15, 0.2) is 0 Å². The van der Waals surface area contributed by atoms with Crippen molar-refractivity contribution < 1.29 is 9.44 Å². The maximum atomic E-state index is 5.13. The van der Waals surface area contributed by atoms with Crippen molar-refractivity contribution in [3.05, 3.63) is 0 Å². The maximum absolute atomic E-state index is 5.13. The van der Waals surface area contributed by atoms with E-state index < -0.39 is 0 Å². The summed E-state index contributed by atoms with van der Waals surface area (Å²) in [5, 5.41) is 0. The molecule has 0 saturated heterocycles. The first-order valence-corrected chi connectivity index (χ1v) is 2.99. The van der Waals surface area contributed by atoms with Crippen LogP contribution in [0, 0.1) is 0 Å². The Labute approximate surface area is 50.4 Å². The van der Waals surface area contributed by atoms with E-state index in [4.69, 9.17) is 4.74 Å². The Morgan fingerprint density at radius 2 is 1.38 bits per heavy atom. The molecule has 0 saturated carbocycles. The Morgan fingerprint density at radius 1 is 1.00 bits per heavy atom. The summed E-state index contributed by atoms with van der Waals surface area (Å²) in [7, 11) is 0. The van der Waals surface area contributed by atoms with E-state index in [1.807, 2.05) is 0 Å². The zero-order valence-corrected chi connectivity index (χ0v) is 5.64. The van der Waals surface area contributed by atoms with Gasteiger partial charge >= 0.3 is 0 Å². The molecule has 1 nitrogen and oxygen atoms in total. The smallest absolute Gasteiger partial charge is 0.0463 e. The van der Waals surface area contributed by atoms with Crippen LogP contribution >= 0.6 is 0 Å². The van der Waals surface area contributed by atoms with Crippen molar-refractivity contribution in [2.75, 3.05) is 13.2 Å². The highest BCUT2D eigenvalue weighted by Crippen LogP contribution is 1.81. The Hall–Kier alpha value is -0.110. The molecule has 0 atom stereocenters. The van der Waals surface area contributed by atoms with Gasteiger partial charge in [-0.15, -0.1) is 0 Å². The molecule has 0 aliphatic heterocycles. The quantitative estimate of drug-likeness (QED) is 0.518. The van der Waals surface area contributed by atoms with Crippen molar-refractivity contribution in [1.82, 2.24) is 0 Å². The number of rotatable bonds is 4. The lowest BCUT2D eigenvalue weighted by Gasteiger charge is -1.95. The molecular formula is C6H15FO. The van der Waals surface area contributed by atoms with E-state index in [0.29, 0.717) is 0 Å². The van der Waals surface area contributed by atoms with Crippen LogP contribution in [0.15, 0.2) is 0 Å². The predicted molar refractivity (Wildman–Crippen MR) is 33.9 cm³/mol. The van der Waals surface area contributed by atoms with Crippen molar-refractivity contribution in [1.29, 1.82) is 0 Å². The molecule has 2 heteroatoms. The summed E-state index contributed by atoms with van der Waals surface area (Å²) in [5.41, 5.74) is 0. The molecule has 0 fully saturated rings. The van der Waals surface area contributed by atoms with Crippen LogP contribution in [0.2, 0.25) is 0 Å². The van der Waals surface area contributed by atoms with E-state index >= 15 is 0 Å². The van der Waals surface area contributed by atoms with E-state index in [9.17, 15) is 0 Å². The van der Waals surface area contributed by atoms with Gasteiger partial charge in [0.1, 0.15) is 0 Å². The Morgan fingerprint density at radius 3 is 1.62 bits per heavy atom. The van der Waals surface area contributed by atoms with Crippen molar-refractivity contribution in [3.8, 4) is 0 Å². The van der Waals surface area contributed by atoms with E-state index in [1.54, 1.807) is 0 Å². The van der Waals surface area contributed by atoms with Crippen molar-refractivity contribution >= 4 is 0 Å². The van der Waals surface area contributed by atoms with Crippen molar-refractivity contribution in [2.24, 2.45) is 0 Å². The second kappa shape index (κ2) is 10.00. The fourth-order valence-corrected chi connectivity index (χ4v) is 0.391. The fraction of sp³-hybridized carbons (Fsp3) is 1.00. The number of hydrogen-bond donors (Lipinski definition) is 0. The van der Waals surface area contributed by atoms with Gasteiger partial charge in [-0.25, -0.2) is 0 Å². The van der Waals surface area contributed by atoms with Crippen LogP contribution in [0.5, 0.6) is 0 Å². The minimum absolute atomic E-state index is 0. The lowest BCUT2D eigenvalue weighted by atomic mass is 10.5. The molecule has 0 aromatic carbocycles. The molecule has 0 aliphatic carbocycles. The molecule has 0 heterocycles. The zero-order chi connectivity index (χ0) is 5.54. The first-order valence-electron chi connectivity index (χ1n) is 2.99. The Kier molecular flexibility index (Phi) is 13.5. The molecule has 0 aromatic heterocycles. The van der Waals surface area contributed by atoms with Gasteiger partial charge in [0.2, 0.25) is 0 Å². The van der Waals surface area contributed by atoms with Crippen LogP contribution in [0.1, 0.15) is 26.7 Å². The zero-order valence-electron chi connectivity index (χ0n) is 5.64. The fourth-order valence-electron chi connectivity index (χ4n) is 0.391. The molecule has 0 spiro atoms. The molecule has 0 N–H and O–H groups in total. The third-order valence-electron chi connectivity index (χ3n) is 0.697. The summed E-state index contributed by atoms with van der Waals surface area (Å²) in [6, 6.07) is 0.